The van der Waals surface area contributed by atoms with E-state index in [1.54, 1.807) is 0 Å². The lowest BCUT2D eigenvalue weighted by Crippen LogP contribution is -2.23. The van der Waals surface area contributed by atoms with Gasteiger partial charge >= 0.3 is 0 Å². The summed E-state index contributed by atoms with van der Waals surface area (Å²) in [6.07, 6.45) is 2.04. The molecule has 0 saturated carbocycles. The first kappa shape index (κ1) is 16.2. The molecule has 0 aliphatic heterocycles. The Hall–Kier alpha value is -2.63. The highest BCUT2D eigenvalue weighted by atomic mass is 16.5. The highest BCUT2D eigenvalue weighted by Gasteiger charge is 2.17. The second-order valence-electron chi connectivity index (χ2n) is 6.74. The van der Waals surface area contributed by atoms with E-state index in [0.717, 1.165) is 5.52 Å². The quantitative estimate of drug-likeness (QED) is 0.791. The third-order valence-electron chi connectivity index (χ3n) is 3.91. The number of nitrogens with one attached hydrogen (secondary N) is 1. The Morgan fingerprint density at radius 2 is 2.08 bits per heavy atom. The van der Waals surface area contributed by atoms with E-state index in [2.05, 4.69) is 36.2 Å². The summed E-state index contributed by atoms with van der Waals surface area (Å²) < 4.78 is 10.7. The first-order chi connectivity index (χ1) is 11.4. The molecule has 126 valence electrons. The Morgan fingerprint density at radius 1 is 1.29 bits per heavy atom. The zero-order valence-corrected chi connectivity index (χ0v) is 14.3. The summed E-state index contributed by atoms with van der Waals surface area (Å²) in [5, 5.41) is 6.45. The monoisotopic (exact) mass is 327 g/mol. The number of aromatic nitrogens is 2. The molecule has 0 radical (unpaired) electrons. The largest absolute Gasteiger partial charge is 0.439 e. The van der Waals surface area contributed by atoms with Gasteiger partial charge in [-0.15, -0.1) is 0 Å². The maximum Gasteiger partial charge on any atom is 0.256 e. The van der Waals surface area contributed by atoms with Crippen molar-refractivity contribution >= 4 is 17.0 Å². The van der Waals surface area contributed by atoms with Crippen molar-refractivity contribution in [3.8, 4) is 0 Å². The number of aryl methyl sites for hydroxylation is 1. The number of rotatable bonds is 4. The lowest BCUT2D eigenvalue weighted by Gasteiger charge is -2.18. The third kappa shape index (κ3) is 3.18. The van der Waals surface area contributed by atoms with Gasteiger partial charge in [0.1, 0.15) is 16.8 Å². The van der Waals surface area contributed by atoms with E-state index in [9.17, 15) is 4.79 Å². The molecule has 0 atom stereocenters. The molecule has 0 bridgehead atoms. The molecule has 0 fully saturated rings. The van der Waals surface area contributed by atoms with Crippen LogP contribution in [0.4, 0.5) is 0 Å². The molecule has 2 aromatic heterocycles. The van der Waals surface area contributed by atoms with Crippen LogP contribution in [0, 0.1) is 0 Å². The summed E-state index contributed by atoms with van der Waals surface area (Å²) >= 11 is 0. The van der Waals surface area contributed by atoms with Gasteiger partial charge in [0.05, 0.1) is 12.7 Å². The Labute approximate surface area is 140 Å². The number of nitrogens with zero attached hydrogens (tertiary/aromatic N) is 2. The zero-order valence-electron chi connectivity index (χ0n) is 14.3. The fraction of sp³-hybridized carbons (Fsp3) is 0.389. The van der Waals surface area contributed by atoms with E-state index < -0.39 is 0 Å². The van der Waals surface area contributed by atoms with E-state index in [0.29, 0.717) is 29.2 Å². The molecule has 0 spiro atoms. The summed E-state index contributed by atoms with van der Waals surface area (Å²) in [5.74, 6) is 0.796. The number of amides is 1. The number of carbonyl (C=O) groups is 1. The van der Waals surface area contributed by atoms with Gasteiger partial charge < -0.3 is 14.3 Å². The van der Waals surface area contributed by atoms with E-state index in [1.807, 2.05) is 25.1 Å². The summed E-state index contributed by atoms with van der Waals surface area (Å²) in [7, 11) is 0. The molecule has 1 N–H and O–H groups in total. The summed E-state index contributed by atoms with van der Waals surface area (Å²) in [5.41, 5.74) is 3.20. The van der Waals surface area contributed by atoms with Crippen LogP contribution in [0.25, 0.3) is 11.1 Å². The molecule has 1 aromatic carbocycles. The molecule has 0 aliphatic carbocycles. The van der Waals surface area contributed by atoms with Crippen molar-refractivity contribution in [3.05, 3.63) is 47.2 Å². The highest BCUT2D eigenvalue weighted by molar-refractivity contribution is 5.94. The van der Waals surface area contributed by atoms with E-state index >= 15 is 0 Å². The lowest BCUT2D eigenvalue weighted by molar-refractivity contribution is 0.0945. The van der Waals surface area contributed by atoms with Gasteiger partial charge in [-0.25, -0.2) is 4.98 Å². The number of hydrogen-bond acceptors (Lipinski definition) is 5. The smallest absolute Gasteiger partial charge is 0.256 e. The fourth-order valence-corrected chi connectivity index (χ4v) is 2.47. The standard InChI is InChI=1S/C18H21N3O3/c1-5-14-12(9-20-24-14)17(22)19-10-16-21-13-8-11(18(2,3)4)6-7-15(13)23-16/h6-9H,5,10H2,1-4H3,(H,19,22). The van der Waals surface area contributed by atoms with Gasteiger partial charge in [-0.1, -0.05) is 38.9 Å². The molecule has 3 rings (SSSR count). The van der Waals surface area contributed by atoms with Crippen LogP contribution in [0.2, 0.25) is 0 Å². The number of fused-ring (bicyclic) bond motifs is 1. The van der Waals surface area contributed by atoms with Crippen molar-refractivity contribution in [2.24, 2.45) is 0 Å². The molecular weight excluding hydrogens is 306 g/mol. The van der Waals surface area contributed by atoms with E-state index in [4.69, 9.17) is 8.94 Å². The van der Waals surface area contributed by atoms with Gasteiger partial charge in [0.2, 0.25) is 5.89 Å². The van der Waals surface area contributed by atoms with E-state index in [1.165, 1.54) is 11.8 Å². The third-order valence-corrected chi connectivity index (χ3v) is 3.91. The van der Waals surface area contributed by atoms with Crippen LogP contribution in [0.5, 0.6) is 0 Å². The zero-order chi connectivity index (χ0) is 17.3. The maximum absolute atomic E-state index is 12.2. The van der Waals surface area contributed by atoms with Crippen molar-refractivity contribution in [2.75, 3.05) is 0 Å². The van der Waals surface area contributed by atoms with Gasteiger partial charge in [0.15, 0.2) is 5.58 Å². The van der Waals surface area contributed by atoms with Crippen LogP contribution in [-0.2, 0) is 18.4 Å². The van der Waals surface area contributed by atoms with Crippen LogP contribution >= 0.6 is 0 Å². The van der Waals surface area contributed by atoms with Gasteiger partial charge in [-0.3, -0.25) is 4.79 Å². The minimum atomic E-state index is -0.245. The number of carbonyl (C=O) groups excluding carboxylic acids is 1. The van der Waals surface area contributed by atoms with Crippen molar-refractivity contribution in [1.29, 1.82) is 0 Å². The van der Waals surface area contributed by atoms with Crippen molar-refractivity contribution in [3.63, 3.8) is 0 Å². The SMILES string of the molecule is CCc1oncc1C(=O)NCc1nc2cc(C(C)(C)C)ccc2o1. The normalized spacial score (nSPS) is 11.8. The number of oxazole rings is 1. The van der Waals surface area contributed by atoms with Crippen molar-refractivity contribution in [1.82, 2.24) is 15.5 Å². The summed E-state index contributed by atoms with van der Waals surface area (Å²) in [6, 6.07) is 5.99. The van der Waals surface area contributed by atoms with Crippen LogP contribution in [0.3, 0.4) is 0 Å². The molecule has 1 amide bonds. The lowest BCUT2D eigenvalue weighted by atomic mass is 9.87. The maximum atomic E-state index is 12.2. The van der Waals surface area contributed by atoms with Crippen LogP contribution in [0.1, 0.15) is 55.3 Å². The van der Waals surface area contributed by atoms with Crippen LogP contribution in [-0.4, -0.2) is 16.0 Å². The second kappa shape index (κ2) is 6.11. The Balaban J connectivity index is 1.75. The Bertz CT molecular complexity index is 871. The molecule has 0 aliphatic rings. The average molecular weight is 327 g/mol. The van der Waals surface area contributed by atoms with Crippen molar-refractivity contribution in [2.45, 2.75) is 46.1 Å². The predicted octanol–water partition coefficient (Wildman–Crippen LogP) is 3.61. The van der Waals surface area contributed by atoms with Gasteiger partial charge in [-0.05, 0) is 23.1 Å². The highest BCUT2D eigenvalue weighted by Crippen LogP contribution is 2.26. The Morgan fingerprint density at radius 3 is 2.79 bits per heavy atom. The molecule has 24 heavy (non-hydrogen) atoms. The fourth-order valence-electron chi connectivity index (χ4n) is 2.47. The summed E-state index contributed by atoms with van der Waals surface area (Å²) in [4.78, 5) is 16.6. The van der Waals surface area contributed by atoms with E-state index in [-0.39, 0.29) is 17.9 Å². The molecule has 0 unspecified atom stereocenters. The first-order valence-corrected chi connectivity index (χ1v) is 8.00. The Kier molecular flexibility index (Phi) is 4.13. The first-order valence-electron chi connectivity index (χ1n) is 8.00. The van der Waals surface area contributed by atoms with Gasteiger partial charge in [-0.2, -0.15) is 0 Å². The van der Waals surface area contributed by atoms with Crippen molar-refractivity contribution < 1.29 is 13.7 Å². The number of benzene rings is 1. The van der Waals surface area contributed by atoms with Gasteiger partial charge in [0.25, 0.3) is 5.91 Å². The van der Waals surface area contributed by atoms with Crippen LogP contribution in [0.15, 0.2) is 33.3 Å². The molecule has 2 heterocycles. The molecule has 0 saturated heterocycles. The second-order valence-corrected chi connectivity index (χ2v) is 6.74. The average Bonchev–Trinajstić information content (AvgIpc) is 3.16. The molecule has 3 aromatic rings. The molecular formula is C18H21N3O3. The minimum Gasteiger partial charge on any atom is -0.439 e. The molecule has 6 heteroatoms. The van der Waals surface area contributed by atoms with Gasteiger partial charge in [0, 0.05) is 6.42 Å². The topological polar surface area (TPSA) is 81.2 Å². The number of hydrogen-bond donors (Lipinski definition) is 1. The van der Waals surface area contributed by atoms with Crippen LogP contribution < -0.4 is 5.32 Å². The molecule has 6 nitrogen and oxygen atoms in total. The summed E-state index contributed by atoms with van der Waals surface area (Å²) in [6.45, 7) is 8.58. The minimum absolute atomic E-state index is 0.0480. The predicted molar refractivity (Wildman–Crippen MR) is 89.8 cm³/mol.